The van der Waals surface area contributed by atoms with E-state index in [0.29, 0.717) is 22.2 Å². The van der Waals surface area contributed by atoms with Crippen molar-refractivity contribution in [2.24, 2.45) is 0 Å². The molecule has 5 heteroatoms. The van der Waals surface area contributed by atoms with Gasteiger partial charge in [0.1, 0.15) is 0 Å². The molecule has 0 spiro atoms. The van der Waals surface area contributed by atoms with Crippen LogP contribution in [0.4, 0.5) is 8.78 Å². The topological polar surface area (TPSA) is 12.0 Å². The van der Waals surface area contributed by atoms with Gasteiger partial charge < -0.3 is 5.32 Å². The van der Waals surface area contributed by atoms with Gasteiger partial charge in [-0.1, -0.05) is 54.4 Å². The van der Waals surface area contributed by atoms with Crippen molar-refractivity contribution < 1.29 is 8.78 Å². The molecule has 0 aliphatic rings. The van der Waals surface area contributed by atoms with E-state index in [1.165, 1.54) is 6.07 Å². The van der Waals surface area contributed by atoms with E-state index >= 15 is 0 Å². The van der Waals surface area contributed by atoms with Crippen LogP contribution in [-0.4, -0.2) is 6.54 Å². The van der Waals surface area contributed by atoms with Crippen LogP contribution in [0.1, 0.15) is 24.1 Å². The maximum Gasteiger partial charge on any atom is 0.162 e. The molecule has 2 aromatic carbocycles. The molecule has 0 amide bonds. The van der Waals surface area contributed by atoms with Crippen molar-refractivity contribution in [2.45, 2.75) is 19.4 Å². The highest BCUT2D eigenvalue weighted by atomic mass is 35.5. The summed E-state index contributed by atoms with van der Waals surface area (Å²) in [6.07, 6.45) is 0.289. The number of halogens is 4. The number of benzene rings is 2. The van der Waals surface area contributed by atoms with E-state index in [4.69, 9.17) is 23.2 Å². The average Bonchev–Trinajstić information content (AvgIpc) is 2.46. The minimum Gasteiger partial charge on any atom is -0.310 e. The zero-order valence-electron chi connectivity index (χ0n) is 11.5. The highest BCUT2D eigenvalue weighted by Crippen LogP contribution is 2.32. The van der Waals surface area contributed by atoms with Crippen molar-refractivity contribution in [2.75, 3.05) is 6.54 Å². The second-order valence-electron chi connectivity index (χ2n) is 4.67. The first-order valence-corrected chi connectivity index (χ1v) is 7.40. The smallest absolute Gasteiger partial charge is 0.162 e. The van der Waals surface area contributed by atoms with Gasteiger partial charge in [-0.3, -0.25) is 0 Å². The normalized spacial score (nSPS) is 12.4. The molecule has 0 radical (unpaired) electrons. The summed E-state index contributed by atoms with van der Waals surface area (Å²) in [6.45, 7) is 2.61. The summed E-state index contributed by atoms with van der Waals surface area (Å²) in [5, 5.41) is 4.10. The van der Waals surface area contributed by atoms with Gasteiger partial charge in [-0.25, -0.2) is 8.78 Å². The van der Waals surface area contributed by atoms with Gasteiger partial charge in [-0.2, -0.15) is 0 Å². The molecule has 0 aliphatic carbocycles. The molecule has 0 heterocycles. The molecule has 1 nitrogen and oxygen atoms in total. The summed E-state index contributed by atoms with van der Waals surface area (Å²) in [5.74, 6) is -1.67. The van der Waals surface area contributed by atoms with Gasteiger partial charge in [0.2, 0.25) is 0 Å². The van der Waals surface area contributed by atoms with Crippen LogP contribution in [0.2, 0.25) is 10.0 Å². The maximum absolute atomic E-state index is 13.8. The van der Waals surface area contributed by atoms with Crippen molar-refractivity contribution in [3.63, 3.8) is 0 Å². The number of nitrogens with one attached hydrogen (secondary N) is 1. The zero-order chi connectivity index (χ0) is 15.4. The summed E-state index contributed by atoms with van der Waals surface area (Å²) in [4.78, 5) is 0. The standard InChI is InChI=1S/C16H15Cl2F2N/c1-2-21-14(11-6-4-7-12(17)15(11)18)9-10-5-3-8-13(19)16(10)20/h3-8,14,21H,2,9H2,1H3. The van der Waals surface area contributed by atoms with Crippen LogP contribution in [0.25, 0.3) is 0 Å². The van der Waals surface area contributed by atoms with Gasteiger partial charge in [0.25, 0.3) is 0 Å². The lowest BCUT2D eigenvalue weighted by Crippen LogP contribution is -2.23. The molecule has 0 aromatic heterocycles. The third kappa shape index (κ3) is 3.73. The van der Waals surface area contributed by atoms with Crippen LogP contribution >= 0.6 is 23.2 Å². The van der Waals surface area contributed by atoms with Crippen molar-refractivity contribution in [1.82, 2.24) is 5.32 Å². The second kappa shape index (κ2) is 7.21. The average molecular weight is 330 g/mol. The Morgan fingerprint density at radius 1 is 1.10 bits per heavy atom. The molecule has 1 N–H and O–H groups in total. The Kier molecular flexibility index (Phi) is 5.57. The van der Waals surface area contributed by atoms with Crippen LogP contribution in [0.5, 0.6) is 0 Å². The van der Waals surface area contributed by atoms with E-state index < -0.39 is 11.6 Å². The van der Waals surface area contributed by atoms with Gasteiger partial charge in [-0.15, -0.1) is 0 Å². The highest BCUT2D eigenvalue weighted by Gasteiger charge is 2.18. The molecule has 0 saturated carbocycles. The molecule has 112 valence electrons. The third-order valence-corrected chi connectivity index (χ3v) is 4.10. The third-order valence-electron chi connectivity index (χ3n) is 3.26. The number of hydrogen-bond donors (Lipinski definition) is 1. The van der Waals surface area contributed by atoms with Crippen LogP contribution in [0, 0.1) is 11.6 Å². The quantitative estimate of drug-likeness (QED) is 0.798. The van der Waals surface area contributed by atoms with E-state index in [2.05, 4.69) is 5.32 Å². The summed E-state index contributed by atoms with van der Waals surface area (Å²) >= 11 is 12.2. The number of hydrogen-bond acceptors (Lipinski definition) is 1. The van der Waals surface area contributed by atoms with Crippen LogP contribution < -0.4 is 5.32 Å². The minimum absolute atomic E-state index is 0.238. The summed E-state index contributed by atoms with van der Waals surface area (Å²) < 4.78 is 27.2. The lowest BCUT2D eigenvalue weighted by Gasteiger charge is -2.20. The second-order valence-corrected chi connectivity index (χ2v) is 5.46. The Morgan fingerprint density at radius 2 is 1.81 bits per heavy atom. The molecule has 0 saturated heterocycles. The minimum atomic E-state index is -0.847. The van der Waals surface area contributed by atoms with Gasteiger partial charge in [0.05, 0.1) is 10.0 Å². The van der Waals surface area contributed by atoms with E-state index in [-0.39, 0.29) is 12.5 Å². The highest BCUT2D eigenvalue weighted by molar-refractivity contribution is 6.42. The molecule has 0 aliphatic heterocycles. The molecule has 2 aromatic rings. The lowest BCUT2D eigenvalue weighted by molar-refractivity contribution is 0.481. The van der Waals surface area contributed by atoms with E-state index in [1.54, 1.807) is 18.2 Å². The predicted octanol–water partition coefficient (Wildman–Crippen LogP) is 5.16. The van der Waals surface area contributed by atoms with Crippen molar-refractivity contribution in [3.8, 4) is 0 Å². The summed E-state index contributed by atoms with van der Waals surface area (Å²) in [6, 6.07) is 9.25. The SMILES string of the molecule is CCNC(Cc1cccc(F)c1F)c1cccc(Cl)c1Cl. The van der Waals surface area contributed by atoms with Gasteiger partial charge in [-0.05, 0) is 36.2 Å². The lowest BCUT2D eigenvalue weighted by atomic mass is 9.98. The Bertz CT molecular complexity index is 632. The molecule has 1 unspecified atom stereocenters. The molecule has 1 atom stereocenters. The maximum atomic E-state index is 13.8. The van der Waals surface area contributed by atoms with Crippen molar-refractivity contribution in [3.05, 3.63) is 69.2 Å². The molecular formula is C16H15Cl2F2N. The Balaban J connectivity index is 2.35. The molecule has 0 fully saturated rings. The summed E-state index contributed by atoms with van der Waals surface area (Å²) in [5.41, 5.74) is 1.08. The first kappa shape index (κ1) is 16.2. The van der Waals surface area contributed by atoms with Crippen molar-refractivity contribution in [1.29, 1.82) is 0 Å². The first-order chi connectivity index (χ1) is 10.0. The number of likely N-dealkylation sites (N-methyl/N-ethyl adjacent to an activating group) is 1. The predicted molar refractivity (Wildman–Crippen MR) is 82.9 cm³/mol. The number of rotatable bonds is 5. The monoisotopic (exact) mass is 329 g/mol. The molecule has 2 rings (SSSR count). The largest absolute Gasteiger partial charge is 0.310 e. The zero-order valence-corrected chi connectivity index (χ0v) is 13.0. The van der Waals surface area contributed by atoms with E-state index in [9.17, 15) is 8.78 Å². The summed E-state index contributed by atoms with van der Waals surface area (Å²) in [7, 11) is 0. The Labute approximate surface area is 132 Å². The molecule has 0 bridgehead atoms. The Morgan fingerprint density at radius 3 is 2.52 bits per heavy atom. The molecule has 21 heavy (non-hydrogen) atoms. The van der Waals surface area contributed by atoms with E-state index in [0.717, 1.165) is 11.6 Å². The van der Waals surface area contributed by atoms with Gasteiger partial charge >= 0.3 is 0 Å². The van der Waals surface area contributed by atoms with Crippen LogP contribution in [0.15, 0.2) is 36.4 Å². The van der Waals surface area contributed by atoms with Gasteiger partial charge in [0, 0.05) is 6.04 Å². The van der Waals surface area contributed by atoms with Crippen molar-refractivity contribution >= 4 is 23.2 Å². The molecular weight excluding hydrogens is 315 g/mol. The fourth-order valence-corrected chi connectivity index (χ4v) is 2.69. The fourth-order valence-electron chi connectivity index (χ4n) is 2.25. The van der Waals surface area contributed by atoms with Crippen LogP contribution in [-0.2, 0) is 6.42 Å². The van der Waals surface area contributed by atoms with Crippen LogP contribution in [0.3, 0.4) is 0 Å². The first-order valence-electron chi connectivity index (χ1n) is 6.64. The van der Waals surface area contributed by atoms with Gasteiger partial charge in [0.15, 0.2) is 11.6 Å². The fraction of sp³-hybridized carbons (Fsp3) is 0.250. The Hall–Kier alpha value is -1.16. The van der Waals surface area contributed by atoms with E-state index in [1.807, 2.05) is 13.0 Å².